The maximum atomic E-state index is 11.0. The average Bonchev–Trinajstić information content (AvgIpc) is 2.54. The molecule has 0 unspecified atom stereocenters. The van der Waals surface area contributed by atoms with Crippen LogP contribution in [0.4, 0.5) is 0 Å². The van der Waals surface area contributed by atoms with E-state index in [1.165, 1.54) is 19.3 Å². The average molecular weight is 221 g/mol. The Bertz CT molecular complexity index is 315. The van der Waals surface area contributed by atoms with Crippen LogP contribution in [0.1, 0.15) is 12.7 Å². The number of furan rings is 1. The number of hydrogen-bond donors (Lipinski definition) is 0. The van der Waals surface area contributed by atoms with Crippen LogP contribution in [0.2, 0.25) is 0 Å². The van der Waals surface area contributed by atoms with E-state index in [-0.39, 0.29) is 5.76 Å². The summed E-state index contributed by atoms with van der Waals surface area (Å²) in [4.78, 5) is 22.0. The fourth-order valence-corrected chi connectivity index (χ4v) is 1.24. The van der Waals surface area contributed by atoms with Gasteiger partial charge in [-0.05, 0) is 42.3 Å². The minimum atomic E-state index is -1.59. The summed E-state index contributed by atoms with van der Waals surface area (Å²) in [7, 11) is 0. The molecule has 0 spiro atoms. The Morgan fingerprint density at radius 3 is 2.23 bits per heavy atom. The standard InChI is InChI=1S/C8H6Cl2O3/c1-8(6(9)11,7(10)12)5-3-2-4-13-5/h2-4H,1H3. The van der Waals surface area contributed by atoms with Crippen LogP contribution >= 0.6 is 23.2 Å². The molecule has 13 heavy (non-hydrogen) atoms. The molecule has 0 amide bonds. The number of carbonyl (C=O) groups is 2. The zero-order chi connectivity index (χ0) is 10.1. The first kappa shape index (κ1) is 10.3. The molecule has 0 aliphatic rings. The maximum Gasteiger partial charge on any atom is 0.244 e. The maximum absolute atomic E-state index is 11.0. The summed E-state index contributed by atoms with van der Waals surface area (Å²) in [5, 5.41) is -1.72. The Kier molecular flexibility index (Phi) is 2.78. The van der Waals surface area contributed by atoms with Gasteiger partial charge in [0.05, 0.1) is 6.26 Å². The molecule has 1 rings (SSSR count). The van der Waals surface area contributed by atoms with Crippen molar-refractivity contribution in [3.8, 4) is 0 Å². The fraction of sp³-hybridized carbons (Fsp3) is 0.250. The highest BCUT2D eigenvalue weighted by atomic mass is 35.5. The number of hydrogen-bond acceptors (Lipinski definition) is 3. The molecule has 0 bridgehead atoms. The molecule has 3 nitrogen and oxygen atoms in total. The molecular formula is C8H6Cl2O3. The molecule has 0 saturated heterocycles. The molecule has 0 radical (unpaired) electrons. The van der Waals surface area contributed by atoms with Crippen molar-refractivity contribution in [2.24, 2.45) is 0 Å². The molecule has 0 aromatic carbocycles. The normalized spacial score (nSPS) is 11.3. The van der Waals surface area contributed by atoms with E-state index in [1.807, 2.05) is 0 Å². The summed E-state index contributed by atoms with van der Waals surface area (Å²) >= 11 is 10.5. The predicted molar refractivity (Wildman–Crippen MR) is 47.8 cm³/mol. The van der Waals surface area contributed by atoms with Crippen molar-refractivity contribution in [1.82, 2.24) is 0 Å². The summed E-state index contributed by atoms with van der Waals surface area (Å²) in [6, 6.07) is 3.02. The molecule has 0 atom stereocenters. The van der Waals surface area contributed by atoms with Gasteiger partial charge in [-0.1, -0.05) is 0 Å². The van der Waals surface area contributed by atoms with Crippen molar-refractivity contribution in [3.63, 3.8) is 0 Å². The van der Waals surface area contributed by atoms with Crippen molar-refractivity contribution in [2.75, 3.05) is 0 Å². The van der Waals surface area contributed by atoms with E-state index in [0.29, 0.717) is 0 Å². The van der Waals surface area contributed by atoms with Crippen LogP contribution < -0.4 is 0 Å². The van der Waals surface area contributed by atoms with Crippen LogP contribution in [0.25, 0.3) is 0 Å². The van der Waals surface area contributed by atoms with Gasteiger partial charge < -0.3 is 4.42 Å². The first-order valence-electron chi connectivity index (χ1n) is 3.43. The van der Waals surface area contributed by atoms with Crippen molar-refractivity contribution < 1.29 is 14.0 Å². The molecular weight excluding hydrogens is 215 g/mol. The van der Waals surface area contributed by atoms with Crippen LogP contribution in [0.3, 0.4) is 0 Å². The number of carbonyl (C=O) groups excluding carboxylic acids is 2. The second-order valence-electron chi connectivity index (χ2n) is 2.65. The van der Waals surface area contributed by atoms with Crippen molar-refractivity contribution in [2.45, 2.75) is 12.3 Å². The highest BCUT2D eigenvalue weighted by Crippen LogP contribution is 2.29. The molecule has 0 aliphatic heterocycles. The van der Waals surface area contributed by atoms with E-state index < -0.39 is 15.9 Å². The highest BCUT2D eigenvalue weighted by Gasteiger charge is 2.43. The lowest BCUT2D eigenvalue weighted by atomic mass is 9.91. The molecule has 0 N–H and O–H groups in total. The Morgan fingerprint density at radius 2 is 1.92 bits per heavy atom. The van der Waals surface area contributed by atoms with Crippen LogP contribution in [-0.4, -0.2) is 10.5 Å². The molecule has 0 aliphatic carbocycles. The van der Waals surface area contributed by atoms with Gasteiger partial charge in [0.2, 0.25) is 10.5 Å². The van der Waals surface area contributed by atoms with Gasteiger partial charge in [-0.25, -0.2) is 0 Å². The smallest absolute Gasteiger partial charge is 0.244 e. The molecule has 0 fully saturated rings. The van der Waals surface area contributed by atoms with E-state index in [2.05, 4.69) is 0 Å². The first-order valence-corrected chi connectivity index (χ1v) is 4.19. The van der Waals surface area contributed by atoms with Crippen molar-refractivity contribution in [1.29, 1.82) is 0 Å². The summed E-state index contributed by atoms with van der Waals surface area (Å²) < 4.78 is 4.91. The van der Waals surface area contributed by atoms with Gasteiger partial charge in [-0.3, -0.25) is 9.59 Å². The van der Waals surface area contributed by atoms with Gasteiger partial charge in [0.15, 0.2) is 5.41 Å². The quantitative estimate of drug-likeness (QED) is 0.579. The summed E-state index contributed by atoms with van der Waals surface area (Å²) in [6.45, 7) is 1.32. The second-order valence-corrected chi connectivity index (χ2v) is 3.34. The van der Waals surface area contributed by atoms with Crippen LogP contribution in [0.5, 0.6) is 0 Å². The zero-order valence-corrected chi connectivity index (χ0v) is 8.22. The predicted octanol–water partition coefficient (Wildman–Crippen LogP) is 2.07. The lowest BCUT2D eigenvalue weighted by molar-refractivity contribution is -0.126. The van der Waals surface area contributed by atoms with Gasteiger partial charge in [0.25, 0.3) is 0 Å². The Morgan fingerprint density at radius 1 is 1.38 bits per heavy atom. The third-order valence-corrected chi connectivity index (χ3v) is 2.56. The monoisotopic (exact) mass is 220 g/mol. The van der Waals surface area contributed by atoms with E-state index in [0.717, 1.165) is 0 Å². The van der Waals surface area contributed by atoms with Gasteiger partial charge in [-0.2, -0.15) is 0 Å². The fourth-order valence-electron chi connectivity index (χ4n) is 0.834. The summed E-state index contributed by atoms with van der Waals surface area (Å²) in [6.07, 6.45) is 1.34. The largest absolute Gasteiger partial charge is 0.468 e. The molecule has 1 aromatic rings. The topological polar surface area (TPSA) is 47.3 Å². The number of rotatable bonds is 3. The van der Waals surface area contributed by atoms with E-state index in [4.69, 9.17) is 27.6 Å². The second kappa shape index (κ2) is 3.52. The van der Waals surface area contributed by atoms with Gasteiger partial charge >= 0.3 is 0 Å². The Balaban J connectivity index is 3.21. The van der Waals surface area contributed by atoms with Crippen LogP contribution in [0, 0.1) is 0 Å². The van der Waals surface area contributed by atoms with Gasteiger partial charge in [0, 0.05) is 0 Å². The lowest BCUT2D eigenvalue weighted by Crippen LogP contribution is -2.35. The molecule has 5 heteroatoms. The third kappa shape index (κ3) is 1.62. The number of halogens is 2. The van der Waals surface area contributed by atoms with Gasteiger partial charge in [0.1, 0.15) is 5.76 Å². The third-order valence-electron chi connectivity index (χ3n) is 1.80. The van der Waals surface area contributed by atoms with E-state index in [1.54, 1.807) is 6.07 Å². The van der Waals surface area contributed by atoms with Crippen molar-refractivity contribution in [3.05, 3.63) is 24.2 Å². The minimum absolute atomic E-state index is 0.146. The first-order chi connectivity index (χ1) is 5.99. The van der Waals surface area contributed by atoms with Gasteiger partial charge in [-0.15, -0.1) is 0 Å². The van der Waals surface area contributed by atoms with Crippen LogP contribution in [-0.2, 0) is 15.0 Å². The highest BCUT2D eigenvalue weighted by molar-refractivity contribution is 6.75. The minimum Gasteiger partial charge on any atom is -0.468 e. The Labute approximate surface area is 84.6 Å². The molecule has 0 saturated carbocycles. The molecule has 70 valence electrons. The van der Waals surface area contributed by atoms with E-state index >= 15 is 0 Å². The summed E-state index contributed by atoms with van der Waals surface area (Å²) in [5.41, 5.74) is -1.59. The SMILES string of the molecule is CC(C(=O)Cl)(C(=O)Cl)c1ccco1. The lowest BCUT2D eigenvalue weighted by Gasteiger charge is -2.16. The zero-order valence-electron chi connectivity index (χ0n) is 6.71. The van der Waals surface area contributed by atoms with E-state index in [9.17, 15) is 9.59 Å². The molecule has 1 heterocycles. The summed E-state index contributed by atoms with van der Waals surface area (Å²) in [5.74, 6) is 0.146. The van der Waals surface area contributed by atoms with Crippen molar-refractivity contribution >= 4 is 33.7 Å². The Hall–Kier alpha value is -0.800. The van der Waals surface area contributed by atoms with Crippen LogP contribution in [0.15, 0.2) is 22.8 Å². The molecule has 1 aromatic heterocycles.